The Labute approximate surface area is 108 Å². The van der Waals surface area contributed by atoms with Gasteiger partial charge in [-0.05, 0) is 31.0 Å². The standard InChI is InChI=1S/C15H19N3/c1-4-6-12(16)15-17-13-10-11(3)7-8-14(13)18(15)9-5-2/h2,7-8,10,12H,4,6,9,16H2,1,3H3. The largest absolute Gasteiger partial charge is 0.321 e. The van der Waals surface area contributed by atoms with E-state index < -0.39 is 0 Å². The van der Waals surface area contributed by atoms with Gasteiger partial charge in [-0.1, -0.05) is 25.3 Å². The van der Waals surface area contributed by atoms with Crippen molar-refractivity contribution >= 4 is 11.0 Å². The molecule has 3 heteroatoms. The van der Waals surface area contributed by atoms with E-state index in [0.29, 0.717) is 6.54 Å². The van der Waals surface area contributed by atoms with Crippen molar-refractivity contribution in [3.8, 4) is 12.3 Å². The van der Waals surface area contributed by atoms with E-state index in [9.17, 15) is 0 Å². The lowest BCUT2D eigenvalue weighted by atomic mass is 10.2. The molecule has 0 saturated heterocycles. The third-order valence-corrected chi connectivity index (χ3v) is 3.11. The molecule has 1 atom stereocenters. The summed E-state index contributed by atoms with van der Waals surface area (Å²) in [4.78, 5) is 4.65. The number of benzene rings is 1. The maximum absolute atomic E-state index is 6.19. The minimum atomic E-state index is -0.0453. The number of hydrogen-bond acceptors (Lipinski definition) is 2. The van der Waals surface area contributed by atoms with Crippen molar-refractivity contribution < 1.29 is 0 Å². The molecular weight excluding hydrogens is 222 g/mol. The zero-order valence-electron chi connectivity index (χ0n) is 11.0. The van der Waals surface area contributed by atoms with Crippen LogP contribution in [0.5, 0.6) is 0 Å². The Balaban J connectivity index is 2.57. The molecule has 94 valence electrons. The van der Waals surface area contributed by atoms with Crippen LogP contribution < -0.4 is 5.73 Å². The molecule has 0 aliphatic carbocycles. The summed E-state index contributed by atoms with van der Waals surface area (Å²) in [6.07, 6.45) is 7.41. The van der Waals surface area contributed by atoms with Gasteiger partial charge in [0.2, 0.25) is 0 Å². The predicted molar refractivity (Wildman–Crippen MR) is 75.1 cm³/mol. The third-order valence-electron chi connectivity index (χ3n) is 3.11. The minimum absolute atomic E-state index is 0.0453. The van der Waals surface area contributed by atoms with Crippen molar-refractivity contribution in [3.05, 3.63) is 29.6 Å². The molecule has 1 aromatic carbocycles. The Bertz CT molecular complexity index is 590. The summed E-state index contributed by atoms with van der Waals surface area (Å²) in [6.45, 7) is 4.70. The Kier molecular flexibility index (Phi) is 3.69. The third kappa shape index (κ3) is 2.25. The average Bonchev–Trinajstić information content (AvgIpc) is 2.68. The summed E-state index contributed by atoms with van der Waals surface area (Å²) < 4.78 is 2.05. The first-order chi connectivity index (χ1) is 8.67. The van der Waals surface area contributed by atoms with Crippen LogP contribution in [-0.4, -0.2) is 9.55 Å². The fourth-order valence-electron chi connectivity index (χ4n) is 2.24. The Morgan fingerprint density at radius 2 is 2.28 bits per heavy atom. The van der Waals surface area contributed by atoms with Crippen LogP contribution in [-0.2, 0) is 6.54 Å². The second-order valence-electron chi connectivity index (χ2n) is 4.65. The lowest BCUT2D eigenvalue weighted by Gasteiger charge is -2.11. The van der Waals surface area contributed by atoms with Gasteiger partial charge in [-0.25, -0.2) is 4.98 Å². The maximum Gasteiger partial charge on any atom is 0.127 e. The highest BCUT2D eigenvalue weighted by molar-refractivity contribution is 5.77. The molecule has 0 aliphatic rings. The van der Waals surface area contributed by atoms with Crippen LogP contribution in [0.15, 0.2) is 18.2 Å². The lowest BCUT2D eigenvalue weighted by molar-refractivity contribution is 0.576. The minimum Gasteiger partial charge on any atom is -0.321 e. The topological polar surface area (TPSA) is 43.8 Å². The molecule has 0 aliphatic heterocycles. The number of rotatable bonds is 4. The van der Waals surface area contributed by atoms with Gasteiger partial charge in [0.15, 0.2) is 0 Å². The molecule has 0 fully saturated rings. The maximum atomic E-state index is 6.19. The summed E-state index contributed by atoms with van der Waals surface area (Å²) in [5.41, 5.74) is 9.43. The molecule has 0 amide bonds. The molecule has 18 heavy (non-hydrogen) atoms. The number of imidazole rings is 1. The molecule has 0 bridgehead atoms. The van der Waals surface area contributed by atoms with Gasteiger partial charge in [-0.15, -0.1) is 6.42 Å². The first-order valence-electron chi connectivity index (χ1n) is 6.33. The molecule has 3 nitrogen and oxygen atoms in total. The first kappa shape index (κ1) is 12.7. The number of hydrogen-bond donors (Lipinski definition) is 1. The average molecular weight is 241 g/mol. The molecule has 1 unspecified atom stereocenters. The molecule has 1 aromatic heterocycles. The molecule has 1 heterocycles. The molecule has 0 saturated carbocycles. The van der Waals surface area contributed by atoms with Gasteiger partial charge in [-0.2, -0.15) is 0 Å². The Morgan fingerprint density at radius 1 is 1.50 bits per heavy atom. The van der Waals surface area contributed by atoms with Gasteiger partial charge in [0.1, 0.15) is 5.82 Å². The monoisotopic (exact) mass is 241 g/mol. The van der Waals surface area contributed by atoms with Gasteiger partial charge in [-0.3, -0.25) is 0 Å². The van der Waals surface area contributed by atoms with Crippen molar-refractivity contribution in [2.24, 2.45) is 5.73 Å². The first-order valence-corrected chi connectivity index (χ1v) is 6.33. The van der Waals surface area contributed by atoms with E-state index in [1.54, 1.807) is 0 Å². The number of fused-ring (bicyclic) bond motifs is 1. The molecule has 2 N–H and O–H groups in total. The van der Waals surface area contributed by atoms with Crippen molar-refractivity contribution in [1.29, 1.82) is 0 Å². The van der Waals surface area contributed by atoms with E-state index in [2.05, 4.69) is 47.5 Å². The molecule has 0 radical (unpaired) electrons. The van der Waals surface area contributed by atoms with E-state index in [-0.39, 0.29) is 6.04 Å². The van der Waals surface area contributed by atoms with Crippen molar-refractivity contribution in [2.75, 3.05) is 0 Å². The zero-order chi connectivity index (χ0) is 13.1. The fourth-order valence-corrected chi connectivity index (χ4v) is 2.24. The quantitative estimate of drug-likeness (QED) is 0.836. The number of nitrogens with zero attached hydrogens (tertiary/aromatic N) is 2. The second-order valence-corrected chi connectivity index (χ2v) is 4.65. The smallest absolute Gasteiger partial charge is 0.127 e. The van der Waals surface area contributed by atoms with E-state index >= 15 is 0 Å². The van der Waals surface area contributed by atoms with E-state index in [4.69, 9.17) is 12.2 Å². The number of aryl methyl sites for hydroxylation is 1. The van der Waals surface area contributed by atoms with Gasteiger partial charge < -0.3 is 10.3 Å². The van der Waals surface area contributed by atoms with Gasteiger partial charge in [0.25, 0.3) is 0 Å². The fraction of sp³-hybridized carbons (Fsp3) is 0.400. The van der Waals surface area contributed by atoms with Crippen LogP contribution >= 0.6 is 0 Å². The molecular formula is C15H19N3. The number of nitrogens with two attached hydrogens (primary N) is 1. The van der Waals surface area contributed by atoms with Crippen LogP contribution in [0, 0.1) is 19.3 Å². The second kappa shape index (κ2) is 5.24. The number of aromatic nitrogens is 2. The van der Waals surface area contributed by atoms with Crippen molar-refractivity contribution in [2.45, 2.75) is 39.3 Å². The highest BCUT2D eigenvalue weighted by Gasteiger charge is 2.15. The van der Waals surface area contributed by atoms with Crippen LogP contribution in [0.25, 0.3) is 11.0 Å². The highest BCUT2D eigenvalue weighted by atomic mass is 15.1. The van der Waals surface area contributed by atoms with Crippen molar-refractivity contribution in [3.63, 3.8) is 0 Å². The molecule has 2 aromatic rings. The Morgan fingerprint density at radius 3 is 2.94 bits per heavy atom. The summed E-state index contributed by atoms with van der Waals surface area (Å²) >= 11 is 0. The number of terminal acetylenes is 1. The summed E-state index contributed by atoms with van der Waals surface area (Å²) in [7, 11) is 0. The van der Waals surface area contributed by atoms with Crippen molar-refractivity contribution in [1.82, 2.24) is 9.55 Å². The lowest BCUT2D eigenvalue weighted by Crippen LogP contribution is -2.16. The van der Waals surface area contributed by atoms with Gasteiger partial charge in [0, 0.05) is 0 Å². The van der Waals surface area contributed by atoms with Crippen LogP contribution in [0.4, 0.5) is 0 Å². The molecule has 2 rings (SSSR count). The molecule has 0 spiro atoms. The van der Waals surface area contributed by atoms with Crippen LogP contribution in [0.2, 0.25) is 0 Å². The van der Waals surface area contributed by atoms with Crippen LogP contribution in [0.1, 0.15) is 37.2 Å². The normalized spacial score (nSPS) is 12.6. The Hall–Kier alpha value is -1.79. The summed E-state index contributed by atoms with van der Waals surface area (Å²) in [5.74, 6) is 3.58. The SMILES string of the molecule is C#CCn1c(C(N)CCC)nc2cc(C)ccc21. The van der Waals surface area contributed by atoms with Gasteiger partial charge >= 0.3 is 0 Å². The van der Waals surface area contributed by atoms with E-state index in [1.807, 2.05) is 0 Å². The zero-order valence-corrected chi connectivity index (χ0v) is 11.0. The van der Waals surface area contributed by atoms with Crippen LogP contribution in [0.3, 0.4) is 0 Å². The summed E-state index contributed by atoms with van der Waals surface area (Å²) in [6, 6.07) is 6.17. The van der Waals surface area contributed by atoms with E-state index in [1.165, 1.54) is 5.56 Å². The highest BCUT2D eigenvalue weighted by Crippen LogP contribution is 2.23. The summed E-state index contributed by atoms with van der Waals surface area (Å²) in [5, 5.41) is 0. The van der Waals surface area contributed by atoms with Gasteiger partial charge in [0.05, 0.1) is 23.6 Å². The predicted octanol–water partition coefficient (Wildman–Crippen LogP) is 2.78. The van der Waals surface area contributed by atoms with E-state index in [0.717, 1.165) is 29.7 Å².